The van der Waals surface area contributed by atoms with Crippen LogP contribution in [0.5, 0.6) is 0 Å². The van der Waals surface area contributed by atoms with Crippen LogP contribution in [-0.2, 0) is 4.79 Å². The van der Waals surface area contributed by atoms with Gasteiger partial charge in [0.25, 0.3) is 5.91 Å². The van der Waals surface area contributed by atoms with Gasteiger partial charge in [-0.2, -0.15) is 0 Å². The molecule has 1 fully saturated rings. The monoisotopic (exact) mass is 354 g/mol. The van der Waals surface area contributed by atoms with Crippen LogP contribution in [0.4, 0.5) is 5.69 Å². The Kier molecular flexibility index (Phi) is 4.84. The van der Waals surface area contributed by atoms with Crippen LogP contribution in [0, 0.1) is 0 Å². The Labute approximate surface area is 132 Å². The molecule has 1 aliphatic heterocycles. The zero-order chi connectivity index (χ0) is 15.6. The third kappa shape index (κ3) is 3.36. The summed E-state index contributed by atoms with van der Waals surface area (Å²) >= 11 is 3.41. The number of anilines is 1. The van der Waals surface area contributed by atoms with Gasteiger partial charge in [0, 0.05) is 38.2 Å². The maximum Gasteiger partial charge on any atom is 0.250 e. The van der Waals surface area contributed by atoms with Gasteiger partial charge in [-0.05, 0) is 18.2 Å². The first-order valence-corrected chi connectivity index (χ1v) is 7.49. The number of nitrogens with zero attached hydrogens (tertiary/aromatic N) is 2. The van der Waals surface area contributed by atoms with Crippen LogP contribution in [0.1, 0.15) is 10.4 Å². The van der Waals surface area contributed by atoms with E-state index in [2.05, 4.69) is 21.2 Å². The third-order valence-corrected chi connectivity index (χ3v) is 4.00. The molecule has 7 heteroatoms. The summed E-state index contributed by atoms with van der Waals surface area (Å²) in [7, 11) is 3.45. The SMILES string of the molecule is CN(C)C(=O)C1CNCCN1c1cc(Br)ccc1C(N)=O. The average molecular weight is 355 g/mol. The number of carbonyl (C=O) groups excluding carboxylic acids is 2. The van der Waals surface area contributed by atoms with E-state index in [9.17, 15) is 9.59 Å². The van der Waals surface area contributed by atoms with E-state index in [0.29, 0.717) is 24.3 Å². The minimum atomic E-state index is -0.493. The number of nitrogens with one attached hydrogen (secondary N) is 1. The molecule has 1 aromatic rings. The predicted octanol–water partition coefficient (Wildman–Crippen LogP) is 0.414. The quantitative estimate of drug-likeness (QED) is 0.824. The van der Waals surface area contributed by atoms with Crippen LogP contribution in [0.2, 0.25) is 0 Å². The lowest BCUT2D eigenvalue weighted by Gasteiger charge is -2.38. The summed E-state index contributed by atoms with van der Waals surface area (Å²) in [6.07, 6.45) is 0. The lowest BCUT2D eigenvalue weighted by Crippen LogP contribution is -2.58. The fraction of sp³-hybridized carbons (Fsp3) is 0.429. The number of hydrogen-bond donors (Lipinski definition) is 2. The summed E-state index contributed by atoms with van der Waals surface area (Å²) in [5.41, 5.74) is 6.58. The normalized spacial score (nSPS) is 18.4. The smallest absolute Gasteiger partial charge is 0.250 e. The van der Waals surface area contributed by atoms with Crippen LogP contribution in [-0.4, -0.2) is 56.5 Å². The van der Waals surface area contributed by atoms with Crippen molar-refractivity contribution in [3.05, 3.63) is 28.2 Å². The molecule has 2 rings (SSSR count). The molecule has 0 saturated carbocycles. The van der Waals surface area contributed by atoms with Gasteiger partial charge in [-0.25, -0.2) is 0 Å². The van der Waals surface area contributed by atoms with Crippen molar-refractivity contribution in [2.45, 2.75) is 6.04 Å². The second-order valence-electron chi connectivity index (χ2n) is 5.17. The van der Waals surface area contributed by atoms with Crippen molar-refractivity contribution in [3.8, 4) is 0 Å². The van der Waals surface area contributed by atoms with Gasteiger partial charge < -0.3 is 20.9 Å². The molecule has 21 heavy (non-hydrogen) atoms. The minimum absolute atomic E-state index is 0.00223. The number of rotatable bonds is 3. The largest absolute Gasteiger partial charge is 0.366 e. The molecule has 0 radical (unpaired) electrons. The number of piperazine rings is 1. The number of amides is 2. The molecule has 0 spiro atoms. The van der Waals surface area contributed by atoms with E-state index in [1.165, 1.54) is 0 Å². The minimum Gasteiger partial charge on any atom is -0.366 e. The van der Waals surface area contributed by atoms with Crippen LogP contribution in [0.25, 0.3) is 0 Å². The van der Waals surface area contributed by atoms with E-state index in [1.54, 1.807) is 31.1 Å². The van der Waals surface area contributed by atoms with Crippen molar-refractivity contribution in [1.82, 2.24) is 10.2 Å². The number of nitrogens with two attached hydrogens (primary N) is 1. The molecule has 1 aliphatic rings. The van der Waals surface area contributed by atoms with Gasteiger partial charge in [0.2, 0.25) is 5.91 Å². The summed E-state index contributed by atoms with van der Waals surface area (Å²) in [6, 6.07) is 4.94. The van der Waals surface area contributed by atoms with Crippen molar-refractivity contribution < 1.29 is 9.59 Å². The number of halogens is 1. The maximum atomic E-state index is 12.4. The zero-order valence-electron chi connectivity index (χ0n) is 12.1. The van der Waals surface area contributed by atoms with Gasteiger partial charge in [0.05, 0.1) is 11.3 Å². The van der Waals surface area contributed by atoms with E-state index in [4.69, 9.17) is 5.73 Å². The van der Waals surface area contributed by atoms with E-state index < -0.39 is 5.91 Å². The summed E-state index contributed by atoms with van der Waals surface area (Å²) in [5.74, 6) is -0.496. The van der Waals surface area contributed by atoms with Crippen LogP contribution >= 0.6 is 15.9 Å². The van der Waals surface area contributed by atoms with Crippen molar-refractivity contribution >= 4 is 33.4 Å². The predicted molar refractivity (Wildman–Crippen MR) is 85.4 cm³/mol. The van der Waals surface area contributed by atoms with Gasteiger partial charge in [0.1, 0.15) is 6.04 Å². The van der Waals surface area contributed by atoms with E-state index in [-0.39, 0.29) is 11.9 Å². The van der Waals surface area contributed by atoms with Gasteiger partial charge in [-0.1, -0.05) is 15.9 Å². The first-order valence-electron chi connectivity index (χ1n) is 6.69. The maximum absolute atomic E-state index is 12.4. The van der Waals surface area contributed by atoms with Crippen molar-refractivity contribution in [2.75, 3.05) is 38.6 Å². The summed E-state index contributed by atoms with van der Waals surface area (Å²) in [4.78, 5) is 27.5. The lowest BCUT2D eigenvalue weighted by atomic mass is 10.1. The Morgan fingerprint density at radius 2 is 2.14 bits per heavy atom. The summed E-state index contributed by atoms with van der Waals surface area (Å²) in [5, 5.41) is 3.22. The molecule has 1 unspecified atom stereocenters. The van der Waals surface area contributed by atoms with Crippen LogP contribution in [0.3, 0.4) is 0 Å². The molecule has 3 N–H and O–H groups in total. The van der Waals surface area contributed by atoms with E-state index in [1.807, 2.05) is 11.0 Å². The first-order chi connectivity index (χ1) is 9.91. The number of carbonyl (C=O) groups is 2. The van der Waals surface area contributed by atoms with Crippen molar-refractivity contribution in [1.29, 1.82) is 0 Å². The molecule has 1 heterocycles. The topological polar surface area (TPSA) is 78.7 Å². The Balaban J connectivity index is 2.44. The van der Waals surface area contributed by atoms with Gasteiger partial charge in [-0.15, -0.1) is 0 Å². The Morgan fingerprint density at radius 1 is 1.43 bits per heavy atom. The average Bonchev–Trinajstić information content (AvgIpc) is 2.46. The molecular formula is C14H19BrN4O2. The second-order valence-corrected chi connectivity index (χ2v) is 6.09. The molecule has 1 aromatic carbocycles. The summed E-state index contributed by atoms with van der Waals surface area (Å²) in [6.45, 7) is 1.94. The Hall–Kier alpha value is -1.60. The lowest BCUT2D eigenvalue weighted by molar-refractivity contribution is -0.130. The molecule has 1 saturated heterocycles. The first kappa shape index (κ1) is 15.8. The molecule has 114 valence electrons. The molecule has 6 nitrogen and oxygen atoms in total. The number of benzene rings is 1. The molecular weight excluding hydrogens is 336 g/mol. The van der Waals surface area contributed by atoms with Crippen molar-refractivity contribution in [3.63, 3.8) is 0 Å². The zero-order valence-corrected chi connectivity index (χ0v) is 13.7. The van der Waals surface area contributed by atoms with E-state index in [0.717, 1.165) is 11.0 Å². The van der Waals surface area contributed by atoms with E-state index >= 15 is 0 Å². The van der Waals surface area contributed by atoms with Gasteiger partial charge >= 0.3 is 0 Å². The standard InChI is InChI=1S/C14H19BrN4O2/c1-18(2)14(21)12-8-17-5-6-19(12)11-7-9(15)3-4-10(11)13(16)20/h3-4,7,12,17H,5-6,8H2,1-2H3,(H2,16,20). The highest BCUT2D eigenvalue weighted by Crippen LogP contribution is 2.27. The van der Waals surface area contributed by atoms with Gasteiger partial charge in [-0.3, -0.25) is 9.59 Å². The highest BCUT2D eigenvalue weighted by molar-refractivity contribution is 9.10. The number of likely N-dealkylation sites (N-methyl/N-ethyl adjacent to an activating group) is 1. The molecule has 1 atom stereocenters. The Morgan fingerprint density at radius 3 is 2.76 bits per heavy atom. The highest BCUT2D eigenvalue weighted by atomic mass is 79.9. The third-order valence-electron chi connectivity index (χ3n) is 3.50. The highest BCUT2D eigenvalue weighted by Gasteiger charge is 2.31. The van der Waals surface area contributed by atoms with Crippen LogP contribution in [0.15, 0.2) is 22.7 Å². The van der Waals surface area contributed by atoms with Gasteiger partial charge in [0.15, 0.2) is 0 Å². The Bertz CT molecular complexity index is 562. The number of hydrogen-bond acceptors (Lipinski definition) is 4. The summed E-state index contributed by atoms with van der Waals surface area (Å²) < 4.78 is 0.845. The number of primary amides is 1. The molecule has 0 bridgehead atoms. The fourth-order valence-electron chi connectivity index (χ4n) is 2.46. The second kappa shape index (κ2) is 6.44. The molecule has 0 aromatic heterocycles. The molecule has 2 amide bonds. The van der Waals surface area contributed by atoms with Crippen molar-refractivity contribution in [2.24, 2.45) is 5.73 Å². The van der Waals surface area contributed by atoms with Crippen LogP contribution < -0.4 is 16.0 Å². The fourth-order valence-corrected chi connectivity index (χ4v) is 2.81. The molecule has 0 aliphatic carbocycles.